The minimum absolute atomic E-state index is 0.153. The van der Waals surface area contributed by atoms with E-state index >= 15 is 0 Å². The zero-order valence-corrected chi connectivity index (χ0v) is 11.0. The lowest BCUT2D eigenvalue weighted by molar-refractivity contribution is 0.386. The molecule has 3 rings (SSSR count). The predicted molar refractivity (Wildman–Crippen MR) is 70.8 cm³/mol. The summed E-state index contributed by atoms with van der Waals surface area (Å²) in [6, 6.07) is 1.77. The molecule has 18 heavy (non-hydrogen) atoms. The van der Waals surface area contributed by atoms with Crippen molar-refractivity contribution in [3.05, 3.63) is 27.9 Å². The maximum absolute atomic E-state index is 12.1. The second-order valence-electron chi connectivity index (χ2n) is 5.71. The average molecular weight is 247 g/mol. The topological polar surface area (TPSA) is 46.9 Å². The van der Waals surface area contributed by atoms with Crippen LogP contribution in [0, 0.1) is 5.92 Å². The first-order valence-corrected chi connectivity index (χ1v) is 7.05. The highest BCUT2D eigenvalue weighted by atomic mass is 16.1. The van der Waals surface area contributed by atoms with Gasteiger partial charge in [-0.05, 0) is 38.3 Å². The standard InChI is InChI=1S/C14H21N3O/c1-10-4-7-17-13(8-10)16-12(9-14(17)18)11-2-5-15-6-3-11/h9-11,15H,2-8H2,1H3. The Balaban J connectivity index is 1.94. The third-order valence-corrected chi connectivity index (χ3v) is 4.24. The molecule has 0 bridgehead atoms. The fraction of sp³-hybridized carbons (Fsp3) is 0.714. The highest BCUT2D eigenvalue weighted by molar-refractivity contribution is 5.12. The Morgan fingerprint density at radius 2 is 2.11 bits per heavy atom. The molecular formula is C14H21N3O. The van der Waals surface area contributed by atoms with Gasteiger partial charge in [0.2, 0.25) is 0 Å². The molecule has 1 N–H and O–H groups in total. The third-order valence-electron chi connectivity index (χ3n) is 4.24. The lowest BCUT2D eigenvalue weighted by Crippen LogP contribution is -2.33. The Morgan fingerprint density at radius 3 is 2.89 bits per heavy atom. The minimum atomic E-state index is 0.153. The molecule has 1 unspecified atom stereocenters. The molecule has 0 aromatic carbocycles. The van der Waals surface area contributed by atoms with Crippen LogP contribution in [0.2, 0.25) is 0 Å². The molecule has 4 nitrogen and oxygen atoms in total. The molecule has 4 heteroatoms. The van der Waals surface area contributed by atoms with Gasteiger partial charge in [0.25, 0.3) is 5.56 Å². The maximum atomic E-state index is 12.1. The summed E-state index contributed by atoms with van der Waals surface area (Å²) in [6.07, 6.45) is 4.26. The smallest absolute Gasteiger partial charge is 0.253 e. The van der Waals surface area contributed by atoms with Crippen LogP contribution in [0.4, 0.5) is 0 Å². The monoisotopic (exact) mass is 247 g/mol. The number of aromatic nitrogens is 2. The number of nitrogens with zero attached hydrogens (tertiary/aromatic N) is 2. The predicted octanol–water partition coefficient (Wildman–Crippen LogP) is 1.29. The Morgan fingerprint density at radius 1 is 1.33 bits per heavy atom. The van der Waals surface area contributed by atoms with Crippen molar-refractivity contribution in [3.63, 3.8) is 0 Å². The number of piperidine rings is 1. The van der Waals surface area contributed by atoms with E-state index in [1.807, 2.05) is 4.57 Å². The average Bonchev–Trinajstić information content (AvgIpc) is 2.39. The van der Waals surface area contributed by atoms with Crippen molar-refractivity contribution in [2.75, 3.05) is 13.1 Å². The number of hydrogen-bond donors (Lipinski definition) is 1. The molecule has 0 radical (unpaired) electrons. The van der Waals surface area contributed by atoms with Crippen LogP contribution in [-0.2, 0) is 13.0 Å². The van der Waals surface area contributed by atoms with Gasteiger partial charge in [0, 0.05) is 24.9 Å². The minimum Gasteiger partial charge on any atom is -0.317 e. The van der Waals surface area contributed by atoms with E-state index in [4.69, 9.17) is 4.98 Å². The summed E-state index contributed by atoms with van der Waals surface area (Å²) in [5.74, 6) is 2.14. The molecule has 2 aliphatic rings. The molecule has 1 aromatic rings. The number of nitrogens with one attached hydrogen (secondary N) is 1. The SMILES string of the molecule is CC1CCn2c(nc(C3CCNCC3)cc2=O)C1. The summed E-state index contributed by atoms with van der Waals surface area (Å²) < 4.78 is 1.87. The maximum Gasteiger partial charge on any atom is 0.253 e. The summed E-state index contributed by atoms with van der Waals surface area (Å²) in [5.41, 5.74) is 1.18. The summed E-state index contributed by atoms with van der Waals surface area (Å²) in [5, 5.41) is 3.36. The second kappa shape index (κ2) is 4.84. The van der Waals surface area contributed by atoms with Crippen LogP contribution in [-0.4, -0.2) is 22.6 Å². The van der Waals surface area contributed by atoms with Gasteiger partial charge in [-0.2, -0.15) is 0 Å². The van der Waals surface area contributed by atoms with Crippen molar-refractivity contribution in [1.82, 2.24) is 14.9 Å². The Kier molecular flexibility index (Phi) is 3.20. The van der Waals surface area contributed by atoms with Crippen molar-refractivity contribution in [2.24, 2.45) is 5.92 Å². The van der Waals surface area contributed by atoms with Crippen LogP contribution in [0.15, 0.2) is 10.9 Å². The molecule has 1 atom stereocenters. The van der Waals surface area contributed by atoms with Crippen LogP contribution in [0.5, 0.6) is 0 Å². The normalized spacial score (nSPS) is 24.8. The van der Waals surface area contributed by atoms with E-state index in [1.54, 1.807) is 6.07 Å². The molecule has 2 aliphatic heterocycles. The van der Waals surface area contributed by atoms with Crippen molar-refractivity contribution >= 4 is 0 Å². The van der Waals surface area contributed by atoms with Crippen molar-refractivity contribution in [3.8, 4) is 0 Å². The first-order valence-electron chi connectivity index (χ1n) is 7.05. The second-order valence-corrected chi connectivity index (χ2v) is 5.71. The van der Waals surface area contributed by atoms with Gasteiger partial charge in [-0.3, -0.25) is 9.36 Å². The first kappa shape index (κ1) is 11.9. The largest absolute Gasteiger partial charge is 0.317 e. The highest BCUT2D eigenvalue weighted by Gasteiger charge is 2.22. The van der Waals surface area contributed by atoms with Crippen molar-refractivity contribution < 1.29 is 0 Å². The Labute approximate surface area is 107 Å². The summed E-state index contributed by atoms with van der Waals surface area (Å²) >= 11 is 0. The molecule has 0 aliphatic carbocycles. The molecule has 98 valence electrons. The Hall–Kier alpha value is -1.16. The van der Waals surface area contributed by atoms with Crippen molar-refractivity contribution in [1.29, 1.82) is 0 Å². The summed E-state index contributed by atoms with van der Waals surface area (Å²) in [7, 11) is 0. The highest BCUT2D eigenvalue weighted by Crippen LogP contribution is 2.24. The van der Waals surface area contributed by atoms with Gasteiger partial charge in [0.15, 0.2) is 0 Å². The van der Waals surface area contributed by atoms with Crippen LogP contribution in [0.3, 0.4) is 0 Å². The van der Waals surface area contributed by atoms with Gasteiger partial charge in [0.1, 0.15) is 5.82 Å². The van der Waals surface area contributed by atoms with Gasteiger partial charge in [0.05, 0.1) is 5.69 Å². The van der Waals surface area contributed by atoms with Gasteiger partial charge >= 0.3 is 0 Å². The number of hydrogen-bond acceptors (Lipinski definition) is 3. The lowest BCUT2D eigenvalue weighted by atomic mass is 9.93. The molecule has 1 saturated heterocycles. The molecule has 3 heterocycles. The van der Waals surface area contributed by atoms with E-state index < -0.39 is 0 Å². The molecule has 1 fully saturated rings. The van der Waals surface area contributed by atoms with E-state index in [0.29, 0.717) is 11.8 Å². The van der Waals surface area contributed by atoms with Gasteiger partial charge in [-0.15, -0.1) is 0 Å². The number of rotatable bonds is 1. The molecular weight excluding hydrogens is 226 g/mol. The molecule has 0 amide bonds. The van der Waals surface area contributed by atoms with E-state index in [9.17, 15) is 4.79 Å². The fourth-order valence-electron chi connectivity index (χ4n) is 3.06. The van der Waals surface area contributed by atoms with Crippen LogP contribution in [0.25, 0.3) is 0 Å². The summed E-state index contributed by atoms with van der Waals surface area (Å²) in [6.45, 7) is 5.17. The zero-order valence-electron chi connectivity index (χ0n) is 11.0. The first-order chi connectivity index (χ1) is 8.74. The van der Waals surface area contributed by atoms with Crippen LogP contribution < -0.4 is 10.9 Å². The Bertz CT molecular complexity index is 488. The molecule has 1 aromatic heterocycles. The number of fused-ring (bicyclic) bond motifs is 1. The molecule has 0 spiro atoms. The van der Waals surface area contributed by atoms with Gasteiger partial charge < -0.3 is 5.32 Å². The van der Waals surface area contributed by atoms with E-state index in [0.717, 1.165) is 56.8 Å². The van der Waals surface area contributed by atoms with Crippen molar-refractivity contribution in [2.45, 2.75) is 45.1 Å². The van der Waals surface area contributed by atoms with E-state index in [2.05, 4.69) is 12.2 Å². The zero-order chi connectivity index (χ0) is 12.5. The fourth-order valence-corrected chi connectivity index (χ4v) is 3.06. The van der Waals surface area contributed by atoms with Crippen LogP contribution >= 0.6 is 0 Å². The third kappa shape index (κ3) is 2.21. The summed E-state index contributed by atoms with van der Waals surface area (Å²) in [4.78, 5) is 16.9. The van der Waals surface area contributed by atoms with Gasteiger partial charge in [-0.1, -0.05) is 6.92 Å². The van der Waals surface area contributed by atoms with E-state index in [-0.39, 0.29) is 5.56 Å². The molecule has 0 saturated carbocycles. The lowest BCUT2D eigenvalue weighted by Gasteiger charge is -2.26. The van der Waals surface area contributed by atoms with E-state index in [1.165, 1.54) is 0 Å². The van der Waals surface area contributed by atoms with Gasteiger partial charge in [-0.25, -0.2) is 4.98 Å². The quantitative estimate of drug-likeness (QED) is 0.813. The van der Waals surface area contributed by atoms with Crippen LogP contribution in [0.1, 0.15) is 43.6 Å².